The predicted octanol–water partition coefficient (Wildman–Crippen LogP) is 4.94. The first-order valence-electron chi connectivity index (χ1n) is 13.8. The molecule has 0 radical (unpaired) electrons. The van der Waals surface area contributed by atoms with Crippen LogP contribution in [-0.2, 0) is 14.8 Å². The van der Waals surface area contributed by atoms with E-state index in [1.807, 2.05) is 26.8 Å². The molecule has 0 bridgehead atoms. The largest absolute Gasteiger partial charge is 0.444 e. The second kappa shape index (κ2) is 10.8. The minimum Gasteiger partial charge on any atom is -0.444 e. The van der Waals surface area contributed by atoms with E-state index in [-0.39, 0.29) is 30.4 Å². The summed E-state index contributed by atoms with van der Waals surface area (Å²) in [5.41, 5.74) is 2.49. The lowest BCUT2D eigenvalue weighted by Crippen LogP contribution is -2.52. The predicted molar refractivity (Wildman–Crippen MR) is 160 cm³/mol. The molecule has 2 aliphatic rings. The minimum absolute atomic E-state index is 0.170. The van der Waals surface area contributed by atoms with Crippen LogP contribution in [0.4, 0.5) is 10.5 Å². The summed E-state index contributed by atoms with van der Waals surface area (Å²) in [6.45, 7) is 6.82. The van der Waals surface area contributed by atoms with Crippen molar-refractivity contribution in [3.8, 4) is 5.69 Å². The van der Waals surface area contributed by atoms with Crippen LogP contribution >= 0.6 is 11.6 Å². The molecule has 5 rings (SSSR count). The van der Waals surface area contributed by atoms with E-state index >= 15 is 0 Å². The van der Waals surface area contributed by atoms with Crippen molar-refractivity contribution in [2.75, 3.05) is 37.2 Å². The zero-order valence-electron chi connectivity index (χ0n) is 24.0. The molecule has 1 aliphatic carbocycles. The van der Waals surface area contributed by atoms with Crippen LogP contribution < -0.4 is 9.62 Å². The number of halogens is 1. The first-order chi connectivity index (χ1) is 19.2. The third-order valence-corrected chi connectivity index (χ3v) is 8.80. The van der Waals surface area contributed by atoms with E-state index < -0.39 is 15.6 Å². The molecule has 12 heteroatoms. The van der Waals surface area contributed by atoms with Crippen LogP contribution in [0.15, 0.2) is 36.4 Å². The van der Waals surface area contributed by atoms with Crippen LogP contribution in [0.2, 0.25) is 5.02 Å². The molecule has 1 aliphatic heterocycles. The van der Waals surface area contributed by atoms with Crippen molar-refractivity contribution in [3.63, 3.8) is 0 Å². The molecular formula is C29H36ClN5O5S. The quantitative estimate of drug-likeness (QED) is 0.391. The van der Waals surface area contributed by atoms with Crippen molar-refractivity contribution in [3.05, 3.63) is 52.7 Å². The molecule has 0 unspecified atom stereocenters. The fourth-order valence-corrected chi connectivity index (χ4v) is 6.25. The summed E-state index contributed by atoms with van der Waals surface area (Å²) >= 11 is 6.09. The number of amides is 2. The number of benzene rings is 2. The fraction of sp³-hybridized carbons (Fsp3) is 0.483. The normalized spacial score (nSPS) is 16.0. The van der Waals surface area contributed by atoms with E-state index in [0.29, 0.717) is 52.5 Å². The maximum atomic E-state index is 13.1. The first-order valence-corrected chi connectivity index (χ1v) is 16.0. The molecular weight excluding hydrogens is 566 g/mol. The molecule has 220 valence electrons. The molecule has 0 spiro atoms. The lowest BCUT2D eigenvalue weighted by atomic mass is 9.96. The lowest BCUT2D eigenvalue weighted by molar-refractivity contribution is -0.00172. The van der Waals surface area contributed by atoms with Gasteiger partial charge >= 0.3 is 6.09 Å². The Morgan fingerprint density at radius 1 is 1.15 bits per heavy atom. The lowest BCUT2D eigenvalue weighted by Gasteiger charge is -2.40. The van der Waals surface area contributed by atoms with E-state index in [0.717, 1.165) is 18.4 Å². The van der Waals surface area contributed by atoms with Crippen molar-refractivity contribution < 1.29 is 22.7 Å². The highest BCUT2D eigenvalue weighted by Crippen LogP contribution is 2.47. The summed E-state index contributed by atoms with van der Waals surface area (Å²) in [5, 5.41) is 8.67. The number of rotatable bonds is 8. The number of aromatic nitrogens is 2. The van der Waals surface area contributed by atoms with Gasteiger partial charge in [-0.05, 0) is 93.8 Å². The van der Waals surface area contributed by atoms with E-state index in [9.17, 15) is 18.0 Å². The maximum Gasteiger partial charge on any atom is 0.410 e. The van der Waals surface area contributed by atoms with Crippen LogP contribution in [0.5, 0.6) is 0 Å². The van der Waals surface area contributed by atoms with Gasteiger partial charge in [-0.1, -0.05) is 11.6 Å². The number of nitrogens with one attached hydrogen (secondary N) is 1. The number of hydrogen-bond donors (Lipinski definition) is 1. The average molecular weight is 602 g/mol. The standard InChI is InChI=1S/C29H36ClN5O5S/c1-29(2,3)40-28(37)33-16-18(17-33)12-13-34(41(5,38)39)25-15-24-23(14-22(25)19-6-7-19)26(27(36)31-4)35(32-24)21-10-8-20(30)9-11-21/h8-11,14-15,18-19H,6-7,12-13,16-17H2,1-5H3,(H,31,36). The Labute approximate surface area is 245 Å². The second-order valence-electron chi connectivity index (χ2n) is 11.9. The second-order valence-corrected chi connectivity index (χ2v) is 14.2. The van der Waals surface area contributed by atoms with E-state index in [1.54, 1.807) is 47.0 Å². The van der Waals surface area contributed by atoms with Crippen LogP contribution in [0.3, 0.4) is 0 Å². The van der Waals surface area contributed by atoms with Crippen LogP contribution in [0.25, 0.3) is 16.6 Å². The minimum atomic E-state index is -3.63. The van der Waals surface area contributed by atoms with Gasteiger partial charge in [-0.15, -0.1) is 0 Å². The number of carbonyl (C=O) groups excluding carboxylic acids is 2. The molecule has 10 nitrogen and oxygen atoms in total. The zero-order valence-corrected chi connectivity index (χ0v) is 25.6. The number of hydrogen-bond acceptors (Lipinski definition) is 6. The van der Waals surface area contributed by atoms with Gasteiger partial charge in [0, 0.05) is 37.1 Å². The maximum absolute atomic E-state index is 13.1. The Kier molecular flexibility index (Phi) is 7.71. The number of carbonyl (C=O) groups is 2. The molecule has 1 saturated heterocycles. The Hall–Kier alpha value is -3.31. The van der Waals surface area contributed by atoms with Crippen molar-refractivity contribution >= 4 is 50.2 Å². The number of sulfonamides is 1. The Morgan fingerprint density at radius 2 is 1.80 bits per heavy atom. The van der Waals surface area contributed by atoms with Gasteiger partial charge in [0.2, 0.25) is 10.0 Å². The van der Waals surface area contributed by atoms with Crippen molar-refractivity contribution in [2.24, 2.45) is 5.92 Å². The smallest absolute Gasteiger partial charge is 0.410 e. The first kappa shape index (κ1) is 29.2. The zero-order chi connectivity index (χ0) is 29.7. The molecule has 2 aromatic carbocycles. The fourth-order valence-electron chi connectivity index (χ4n) is 5.17. The Balaban J connectivity index is 1.47. The van der Waals surface area contributed by atoms with Crippen LogP contribution in [-0.4, -0.2) is 73.6 Å². The summed E-state index contributed by atoms with van der Waals surface area (Å²) < 4.78 is 34.7. The summed E-state index contributed by atoms with van der Waals surface area (Å²) in [7, 11) is -2.06. The third-order valence-electron chi connectivity index (χ3n) is 7.37. The van der Waals surface area contributed by atoms with Gasteiger partial charge < -0.3 is 15.0 Å². The highest BCUT2D eigenvalue weighted by molar-refractivity contribution is 7.92. The van der Waals surface area contributed by atoms with Gasteiger partial charge in [0.15, 0.2) is 0 Å². The monoisotopic (exact) mass is 601 g/mol. The van der Waals surface area contributed by atoms with Gasteiger partial charge in [-0.25, -0.2) is 17.9 Å². The van der Waals surface area contributed by atoms with Gasteiger partial charge in [0.25, 0.3) is 5.91 Å². The van der Waals surface area contributed by atoms with E-state index in [4.69, 9.17) is 21.4 Å². The Morgan fingerprint density at radius 3 is 2.37 bits per heavy atom. The number of ether oxygens (including phenoxy) is 1. The summed E-state index contributed by atoms with van der Waals surface area (Å²) in [6, 6.07) is 10.7. The molecule has 1 N–H and O–H groups in total. The topological polar surface area (TPSA) is 114 Å². The molecule has 2 heterocycles. The van der Waals surface area contributed by atoms with Crippen molar-refractivity contribution in [1.29, 1.82) is 0 Å². The van der Waals surface area contributed by atoms with Crippen molar-refractivity contribution in [1.82, 2.24) is 20.0 Å². The molecule has 1 aromatic heterocycles. The van der Waals surface area contributed by atoms with Crippen LogP contribution in [0.1, 0.15) is 62.0 Å². The average Bonchev–Trinajstić information content (AvgIpc) is 3.63. The van der Waals surface area contributed by atoms with Gasteiger partial charge in [-0.2, -0.15) is 5.10 Å². The van der Waals surface area contributed by atoms with Crippen molar-refractivity contribution in [2.45, 2.75) is 51.6 Å². The third kappa shape index (κ3) is 6.30. The van der Waals surface area contributed by atoms with Crippen LogP contribution in [0, 0.1) is 5.92 Å². The highest BCUT2D eigenvalue weighted by Gasteiger charge is 2.36. The summed E-state index contributed by atoms with van der Waals surface area (Å²) in [5.74, 6) is 0.0849. The molecule has 2 amide bonds. The number of fused-ring (bicyclic) bond motifs is 1. The molecule has 41 heavy (non-hydrogen) atoms. The molecule has 0 atom stereocenters. The molecule has 1 saturated carbocycles. The molecule has 3 aromatic rings. The number of nitrogens with zero attached hydrogens (tertiary/aromatic N) is 4. The van der Waals surface area contributed by atoms with E-state index in [1.165, 1.54) is 10.6 Å². The molecule has 2 fully saturated rings. The Bertz CT molecular complexity index is 1590. The van der Waals surface area contributed by atoms with Gasteiger partial charge in [-0.3, -0.25) is 9.10 Å². The summed E-state index contributed by atoms with van der Waals surface area (Å²) in [6.07, 6.45) is 3.36. The van der Waals surface area contributed by atoms with E-state index in [2.05, 4.69) is 5.32 Å². The summed E-state index contributed by atoms with van der Waals surface area (Å²) in [4.78, 5) is 27.0. The van der Waals surface area contributed by atoms with Gasteiger partial charge in [0.1, 0.15) is 11.3 Å². The highest BCUT2D eigenvalue weighted by atomic mass is 35.5. The SMILES string of the molecule is CNC(=O)c1c2cc(C3CC3)c(N(CCC3CN(C(=O)OC(C)(C)C)C3)S(C)(=O)=O)cc2nn1-c1ccc(Cl)cc1. The van der Waals surface area contributed by atoms with Gasteiger partial charge in [0.05, 0.1) is 23.1 Å². The number of anilines is 1. The number of likely N-dealkylation sites (tertiary alicyclic amines) is 1.